The lowest BCUT2D eigenvalue weighted by molar-refractivity contribution is -0.183. The fraction of sp³-hybridized carbons (Fsp3) is 0.571. The Hall–Kier alpha value is -2.56. The minimum absolute atomic E-state index is 0.113. The number of ether oxygens (including phenoxy) is 2. The number of hydrogen-bond acceptors (Lipinski definition) is 6. The molecule has 2 rings (SSSR count). The number of fused-ring (bicyclic) bond motifs is 1. The number of rotatable bonds is 2. The molecule has 0 spiro atoms. The Bertz CT molecular complexity index is 608. The van der Waals surface area contributed by atoms with E-state index in [0.29, 0.717) is 0 Å². The van der Waals surface area contributed by atoms with Gasteiger partial charge < -0.3 is 9.47 Å². The van der Waals surface area contributed by atoms with Crippen molar-refractivity contribution in [3.8, 4) is 6.07 Å². The van der Waals surface area contributed by atoms with Crippen LogP contribution in [0.1, 0.15) is 13.8 Å². The molecule has 2 aliphatic rings. The van der Waals surface area contributed by atoms with E-state index in [2.05, 4.69) is 0 Å². The highest BCUT2D eigenvalue weighted by atomic mass is 16.5. The molecule has 118 valence electrons. The number of hydrogen-bond donors (Lipinski definition) is 0. The van der Waals surface area contributed by atoms with Gasteiger partial charge in [-0.2, -0.15) is 5.26 Å². The van der Waals surface area contributed by atoms with Crippen LogP contribution in [0.3, 0.4) is 0 Å². The number of imide groups is 1. The van der Waals surface area contributed by atoms with Gasteiger partial charge >= 0.3 is 12.0 Å². The maximum atomic E-state index is 12.6. The average molecular weight is 307 g/mol. The lowest BCUT2D eigenvalue weighted by Crippen LogP contribution is -2.68. The molecule has 0 unspecified atom stereocenters. The van der Waals surface area contributed by atoms with E-state index in [1.807, 2.05) is 6.07 Å². The summed E-state index contributed by atoms with van der Waals surface area (Å²) in [6.45, 7) is 3.33. The van der Waals surface area contributed by atoms with E-state index in [1.54, 1.807) is 6.92 Å². The zero-order valence-electron chi connectivity index (χ0n) is 12.8. The number of nitriles is 1. The van der Waals surface area contributed by atoms with Gasteiger partial charge in [0.25, 0.3) is 0 Å². The molecule has 0 aromatic heterocycles. The Labute approximate surface area is 127 Å². The van der Waals surface area contributed by atoms with Crippen molar-refractivity contribution in [2.24, 2.45) is 11.3 Å². The summed E-state index contributed by atoms with van der Waals surface area (Å²) in [5, 5.41) is 9.07. The van der Waals surface area contributed by atoms with Crippen molar-refractivity contribution in [2.75, 3.05) is 20.7 Å². The first-order valence-electron chi connectivity index (χ1n) is 6.79. The van der Waals surface area contributed by atoms with Crippen LogP contribution < -0.4 is 0 Å². The minimum Gasteiger partial charge on any atom is -0.466 e. The minimum atomic E-state index is -1.36. The summed E-state index contributed by atoms with van der Waals surface area (Å²) in [6.07, 6.45) is 0.238. The van der Waals surface area contributed by atoms with E-state index >= 15 is 0 Å². The van der Waals surface area contributed by atoms with Gasteiger partial charge in [-0.15, -0.1) is 0 Å². The largest absolute Gasteiger partial charge is 0.466 e. The summed E-state index contributed by atoms with van der Waals surface area (Å²) in [7, 11) is 2.80. The standard InChI is InChI=1S/C14H17N3O5/c1-5-21-10(18)9-6-8(7-15)22-12-14(9,2)11(19)16(3)13(20)17(12)4/h6,9,12H,5H2,1-4H3/t9-,12+,14-/m0/s1. The number of allylic oxidation sites excluding steroid dienone is 1. The van der Waals surface area contributed by atoms with Crippen molar-refractivity contribution < 1.29 is 23.9 Å². The van der Waals surface area contributed by atoms with E-state index in [-0.39, 0.29) is 12.4 Å². The quantitative estimate of drug-likeness (QED) is 0.687. The molecule has 3 atom stereocenters. The third kappa shape index (κ3) is 2.01. The van der Waals surface area contributed by atoms with Gasteiger partial charge in [0.2, 0.25) is 5.91 Å². The van der Waals surface area contributed by atoms with Crippen LogP contribution in [-0.4, -0.2) is 54.6 Å². The van der Waals surface area contributed by atoms with Crippen molar-refractivity contribution in [3.05, 3.63) is 11.8 Å². The van der Waals surface area contributed by atoms with Crippen LogP contribution in [0, 0.1) is 22.7 Å². The van der Waals surface area contributed by atoms with Crippen LogP contribution in [0.2, 0.25) is 0 Å². The smallest absolute Gasteiger partial charge is 0.329 e. The highest BCUT2D eigenvalue weighted by Crippen LogP contribution is 2.45. The molecule has 22 heavy (non-hydrogen) atoms. The molecule has 2 heterocycles. The Kier molecular flexibility index (Phi) is 3.83. The molecule has 0 N–H and O–H groups in total. The summed E-state index contributed by atoms with van der Waals surface area (Å²) in [6, 6.07) is 1.25. The van der Waals surface area contributed by atoms with Gasteiger partial charge in [-0.05, 0) is 19.9 Å². The predicted molar refractivity (Wildman–Crippen MR) is 72.7 cm³/mol. The van der Waals surface area contributed by atoms with Crippen LogP contribution in [0.5, 0.6) is 0 Å². The SMILES string of the molecule is CCOC(=O)[C@@H]1C=C(C#N)O[C@H]2N(C)C(=O)N(C)C(=O)[C@]12C. The topological polar surface area (TPSA) is 99.9 Å². The first kappa shape index (κ1) is 15.8. The van der Waals surface area contributed by atoms with Gasteiger partial charge in [0.1, 0.15) is 11.5 Å². The zero-order chi connectivity index (χ0) is 16.7. The first-order valence-corrected chi connectivity index (χ1v) is 6.79. The highest BCUT2D eigenvalue weighted by molar-refractivity contribution is 6.02. The van der Waals surface area contributed by atoms with Gasteiger partial charge in [-0.25, -0.2) is 4.79 Å². The van der Waals surface area contributed by atoms with Gasteiger partial charge in [0.15, 0.2) is 12.0 Å². The second-order valence-corrected chi connectivity index (χ2v) is 5.38. The number of carbonyl (C=O) groups excluding carboxylic acids is 3. The van der Waals surface area contributed by atoms with Gasteiger partial charge in [-0.3, -0.25) is 19.4 Å². The summed E-state index contributed by atoms with van der Waals surface area (Å²) < 4.78 is 10.5. The van der Waals surface area contributed by atoms with Crippen LogP contribution in [-0.2, 0) is 19.1 Å². The fourth-order valence-electron chi connectivity index (χ4n) is 2.87. The van der Waals surface area contributed by atoms with Crippen LogP contribution in [0.4, 0.5) is 4.79 Å². The Morgan fingerprint density at radius 2 is 2.14 bits per heavy atom. The van der Waals surface area contributed by atoms with Crippen LogP contribution >= 0.6 is 0 Å². The van der Waals surface area contributed by atoms with E-state index in [1.165, 1.54) is 32.0 Å². The van der Waals surface area contributed by atoms with E-state index in [9.17, 15) is 14.4 Å². The van der Waals surface area contributed by atoms with Gasteiger partial charge in [0.05, 0.1) is 12.5 Å². The maximum absolute atomic E-state index is 12.6. The van der Waals surface area contributed by atoms with Crippen LogP contribution in [0.25, 0.3) is 0 Å². The molecule has 8 heteroatoms. The molecule has 1 fully saturated rings. The molecule has 0 aliphatic carbocycles. The third-order valence-electron chi connectivity index (χ3n) is 4.07. The van der Waals surface area contributed by atoms with Crippen molar-refractivity contribution in [1.29, 1.82) is 5.26 Å². The highest BCUT2D eigenvalue weighted by Gasteiger charge is 2.62. The summed E-state index contributed by atoms with van der Waals surface area (Å²) >= 11 is 0. The molecular formula is C14H17N3O5. The molecule has 0 bridgehead atoms. The van der Waals surface area contributed by atoms with Crippen LogP contribution in [0.15, 0.2) is 11.8 Å². The normalized spacial score (nSPS) is 31.0. The summed E-state index contributed by atoms with van der Waals surface area (Å²) in [5.41, 5.74) is -1.36. The average Bonchev–Trinajstić information content (AvgIpc) is 2.51. The number of carbonyl (C=O) groups is 3. The van der Waals surface area contributed by atoms with Crippen molar-refractivity contribution in [3.63, 3.8) is 0 Å². The van der Waals surface area contributed by atoms with E-state index in [4.69, 9.17) is 14.7 Å². The molecule has 0 saturated carbocycles. The summed E-state index contributed by atoms with van der Waals surface area (Å²) in [4.78, 5) is 39.1. The molecule has 2 aliphatic heterocycles. The predicted octanol–water partition coefficient (Wildman–Crippen LogP) is 0.460. The Balaban J connectivity index is 2.57. The first-order chi connectivity index (χ1) is 10.3. The Morgan fingerprint density at radius 1 is 1.50 bits per heavy atom. The number of amides is 3. The lowest BCUT2D eigenvalue weighted by Gasteiger charge is -2.50. The maximum Gasteiger partial charge on any atom is 0.329 e. The molecule has 0 aromatic rings. The number of nitrogens with zero attached hydrogens (tertiary/aromatic N) is 3. The lowest BCUT2D eigenvalue weighted by atomic mass is 9.71. The van der Waals surface area contributed by atoms with Crippen molar-refractivity contribution in [1.82, 2.24) is 9.80 Å². The summed E-state index contributed by atoms with van der Waals surface area (Å²) in [5.74, 6) is -2.30. The third-order valence-corrected chi connectivity index (χ3v) is 4.07. The number of urea groups is 1. The molecule has 8 nitrogen and oxygen atoms in total. The van der Waals surface area contributed by atoms with E-state index < -0.39 is 35.5 Å². The molecule has 0 aromatic carbocycles. The zero-order valence-corrected chi connectivity index (χ0v) is 12.8. The van der Waals surface area contributed by atoms with Gasteiger partial charge in [0, 0.05) is 14.1 Å². The second kappa shape index (κ2) is 5.33. The molecular weight excluding hydrogens is 290 g/mol. The van der Waals surface area contributed by atoms with Crippen molar-refractivity contribution in [2.45, 2.75) is 20.1 Å². The number of esters is 1. The molecule has 1 saturated heterocycles. The molecule has 3 amide bonds. The molecule has 0 radical (unpaired) electrons. The Morgan fingerprint density at radius 3 is 2.68 bits per heavy atom. The monoisotopic (exact) mass is 307 g/mol. The second-order valence-electron chi connectivity index (χ2n) is 5.38. The van der Waals surface area contributed by atoms with Gasteiger partial charge in [-0.1, -0.05) is 0 Å². The van der Waals surface area contributed by atoms with E-state index in [0.717, 1.165) is 4.90 Å². The van der Waals surface area contributed by atoms with Crippen molar-refractivity contribution >= 4 is 17.9 Å². The fourth-order valence-corrected chi connectivity index (χ4v) is 2.87.